The first kappa shape index (κ1) is 18.2. The molecule has 3 heterocycles. The summed E-state index contributed by atoms with van der Waals surface area (Å²) in [5, 5.41) is 7.59. The molecule has 1 spiro atoms. The van der Waals surface area contributed by atoms with Gasteiger partial charge in [-0.25, -0.2) is 4.98 Å². The number of rotatable bonds is 4. The number of fused-ring (bicyclic) bond motifs is 2. The Balaban J connectivity index is 1.19. The summed E-state index contributed by atoms with van der Waals surface area (Å²) in [5.41, 5.74) is 0.389. The Morgan fingerprint density at radius 2 is 2.11 bits per heavy atom. The van der Waals surface area contributed by atoms with E-state index in [0.29, 0.717) is 29.5 Å². The Kier molecular flexibility index (Phi) is 4.91. The molecule has 4 fully saturated rings. The van der Waals surface area contributed by atoms with Gasteiger partial charge >= 0.3 is 0 Å². The molecular formula is C22H33N5O. The lowest BCUT2D eigenvalue weighted by Crippen LogP contribution is -2.72. The minimum atomic E-state index is 0.389. The van der Waals surface area contributed by atoms with Gasteiger partial charge in [-0.05, 0) is 51.2 Å². The lowest BCUT2D eigenvalue weighted by atomic mass is 9.46. The number of nitrogens with one attached hydrogen (secondary N) is 2. The topological polar surface area (TPSA) is 61.8 Å². The second-order valence-corrected chi connectivity index (χ2v) is 8.87. The summed E-state index contributed by atoms with van der Waals surface area (Å²) in [6.07, 6.45) is 9.79. The lowest BCUT2D eigenvalue weighted by Gasteiger charge is -2.63. The fraction of sp³-hybridized carbons (Fsp3) is 0.727. The van der Waals surface area contributed by atoms with E-state index < -0.39 is 0 Å². The maximum atomic E-state index is 6.07. The van der Waals surface area contributed by atoms with Crippen LogP contribution in [0.2, 0.25) is 0 Å². The Morgan fingerprint density at radius 1 is 1.25 bits per heavy atom. The number of hydrogen-bond donors (Lipinski definition) is 2. The molecule has 2 aliphatic heterocycles. The van der Waals surface area contributed by atoms with Crippen LogP contribution in [-0.4, -0.2) is 55.4 Å². The predicted octanol–water partition coefficient (Wildman–Crippen LogP) is 2.56. The molecule has 0 amide bonds. The number of aromatic nitrogens is 1. The maximum absolute atomic E-state index is 6.07. The summed E-state index contributed by atoms with van der Waals surface area (Å²) < 4.78 is 6.07. The Hall–Kier alpha value is -1.82. The van der Waals surface area contributed by atoms with Gasteiger partial charge in [-0.2, -0.15) is 0 Å². The zero-order valence-electron chi connectivity index (χ0n) is 16.9. The van der Waals surface area contributed by atoms with Gasteiger partial charge in [0.2, 0.25) is 0 Å². The molecule has 2 saturated carbocycles. The van der Waals surface area contributed by atoms with Gasteiger partial charge < -0.3 is 20.3 Å². The zero-order chi connectivity index (χ0) is 19.0. The molecule has 6 nitrogen and oxygen atoms in total. The van der Waals surface area contributed by atoms with Crippen LogP contribution in [0.3, 0.4) is 0 Å². The monoisotopic (exact) mass is 383 g/mol. The quantitative estimate of drug-likeness (QED) is 0.618. The van der Waals surface area contributed by atoms with Crippen LogP contribution in [0.15, 0.2) is 29.4 Å². The van der Waals surface area contributed by atoms with E-state index >= 15 is 0 Å². The molecule has 152 valence electrons. The molecule has 3 unspecified atom stereocenters. The van der Waals surface area contributed by atoms with Gasteiger partial charge in [-0.1, -0.05) is 12.5 Å². The highest BCUT2D eigenvalue weighted by atomic mass is 16.5. The number of ether oxygens (including phenoxy) is 1. The van der Waals surface area contributed by atoms with Gasteiger partial charge in [-0.3, -0.25) is 4.99 Å². The van der Waals surface area contributed by atoms with Crippen molar-refractivity contribution in [2.45, 2.75) is 63.6 Å². The summed E-state index contributed by atoms with van der Waals surface area (Å²) in [7, 11) is 0. The molecule has 5 rings (SSSR count). The van der Waals surface area contributed by atoms with E-state index in [0.717, 1.165) is 50.9 Å². The Bertz CT molecular complexity index is 696. The van der Waals surface area contributed by atoms with Crippen molar-refractivity contribution in [3.63, 3.8) is 0 Å². The van der Waals surface area contributed by atoms with Crippen LogP contribution in [-0.2, 0) is 4.74 Å². The molecule has 6 heteroatoms. The van der Waals surface area contributed by atoms with E-state index in [1.165, 1.54) is 25.7 Å². The standard InChI is InChI=1S/C22H33N5O/c1-2-23-21(26-19-17-9-15-28-20(17)22(19)10-5-11-22)25-16-7-13-27(14-8-16)18-6-3-4-12-24-18/h3-4,6,12,16-17,19-20H,2,5,7-11,13-15H2,1H3,(H2,23,25,26). The SMILES string of the molecule is CCN=C(NC1CCN(c2ccccn2)CC1)NC1C2CCOC2C12CCC2. The van der Waals surface area contributed by atoms with Crippen molar-refractivity contribution in [1.29, 1.82) is 0 Å². The van der Waals surface area contributed by atoms with Crippen molar-refractivity contribution in [2.75, 3.05) is 31.1 Å². The summed E-state index contributed by atoms with van der Waals surface area (Å²) in [4.78, 5) is 11.7. The molecule has 1 aromatic rings. The second kappa shape index (κ2) is 7.54. The molecule has 3 atom stereocenters. The van der Waals surface area contributed by atoms with E-state index in [1.54, 1.807) is 0 Å². The summed E-state index contributed by atoms with van der Waals surface area (Å²) in [6, 6.07) is 7.17. The van der Waals surface area contributed by atoms with Gasteiger partial charge in [0.25, 0.3) is 0 Å². The van der Waals surface area contributed by atoms with E-state index in [2.05, 4.69) is 39.6 Å². The lowest BCUT2D eigenvalue weighted by molar-refractivity contribution is -0.171. The maximum Gasteiger partial charge on any atom is 0.191 e. The van der Waals surface area contributed by atoms with Gasteiger partial charge in [0.15, 0.2) is 5.96 Å². The van der Waals surface area contributed by atoms with E-state index in [4.69, 9.17) is 9.73 Å². The third-order valence-electron chi connectivity index (χ3n) is 7.45. The number of hydrogen-bond acceptors (Lipinski definition) is 4. The minimum absolute atomic E-state index is 0.389. The van der Waals surface area contributed by atoms with Crippen molar-refractivity contribution in [3.05, 3.63) is 24.4 Å². The Morgan fingerprint density at radius 3 is 2.79 bits per heavy atom. The van der Waals surface area contributed by atoms with Crippen LogP contribution >= 0.6 is 0 Å². The van der Waals surface area contributed by atoms with Gasteiger partial charge in [-0.15, -0.1) is 0 Å². The van der Waals surface area contributed by atoms with Crippen molar-refractivity contribution >= 4 is 11.8 Å². The van der Waals surface area contributed by atoms with Crippen LogP contribution < -0.4 is 15.5 Å². The average molecular weight is 384 g/mol. The zero-order valence-corrected chi connectivity index (χ0v) is 16.9. The Labute approximate surface area is 168 Å². The highest BCUT2D eigenvalue weighted by molar-refractivity contribution is 5.81. The predicted molar refractivity (Wildman–Crippen MR) is 112 cm³/mol. The molecule has 0 radical (unpaired) electrons. The molecule has 2 saturated heterocycles. The van der Waals surface area contributed by atoms with Crippen molar-refractivity contribution in [1.82, 2.24) is 15.6 Å². The van der Waals surface area contributed by atoms with Gasteiger partial charge in [0.1, 0.15) is 5.82 Å². The molecule has 2 aliphatic carbocycles. The van der Waals surface area contributed by atoms with Crippen LogP contribution in [0.4, 0.5) is 5.82 Å². The van der Waals surface area contributed by atoms with E-state index in [1.807, 2.05) is 12.3 Å². The first-order valence-corrected chi connectivity index (χ1v) is 11.2. The smallest absolute Gasteiger partial charge is 0.191 e. The van der Waals surface area contributed by atoms with Gasteiger partial charge in [0, 0.05) is 55.9 Å². The number of nitrogens with zero attached hydrogens (tertiary/aromatic N) is 3. The van der Waals surface area contributed by atoms with Crippen LogP contribution in [0.5, 0.6) is 0 Å². The summed E-state index contributed by atoms with van der Waals surface area (Å²) in [6.45, 7) is 5.95. The van der Waals surface area contributed by atoms with Gasteiger partial charge in [0.05, 0.1) is 6.10 Å². The highest BCUT2D eigenvalue weighted by Gasteiger charge is 2.66. The number of aliphatic imine (C=N–C) groups is 1. The van der Waals surface area contributed by atoms with Crippen molar-refractivity contribution < 1.29 is 4.74 Å². The largest absolute Gasteiger partial charge is 0.377 e. The van der Waals surface area contributed by atoms with Crippen LogP contribution in [0.1, 0.15) is 45.4 Å². The number of anilines is 1. The molecule has 0 aromatic carbocycles. The second-order valence-electron chi connectivity index (χ2n) is 8.87. The van der Waals surface area contributed by atoms with E-state index in [-0.39, 0.29) is 0 Å². The molecule has 4 aliphatic rings. The third kappa shape index (κ3) is 3.06. The average Bonchev–Trinajstić information content (AvgIpc) is 3.11. The first-order valence-electron chi connectivity index (χ1n) is 11.2. The molecule has 2 N–H and O–H groups in total. The molecule has 0 bridgehead atoms. The highest BCUT2D eigenvalue weighted by Crippen LogP contribution is 2.62. The minimum Gasteiger partial charge on any atom is -0.377 e. The third-order valence-corrected chi connectivity index (χ3v) is 7.45. The van der Waals surface area contributed by atoms with Crippen LogP contribution in [0.25, 0.3) is 0 Å². The summed E-state index contributed by atoms with van der Waals surface area (Å²) in [5.74, 6) is 2.78. The van der Waals surface area contributed by atoms with Crippen molar-refractivity contribution in [2.24, 2.45) is 16.3 Å². The first-order chi connectivity index (χ1) is 13.8. The van der Waals surface area contributed by atoms with Crippen LogP contribution in [0, 0.1) is 11.3 Å². The molecule has 28 heavy (non-hydrogen) atoms. The molecular weight excluding hydrogens is 350 g/mol. The van der Waals surface area contributed by atoms with E-state index in [9.17, 15) is 0 Å². The number of pyridine rings is 1. The summed E-state index contributed by atoms with van der Waals surface area (Å²) >= 11 is 0. The fourth-order valence-electron chi connectivity index (χ4n) is 5.88. The number of piperidine rings is 1. The fourth-order valence-corrected chi connectivity index (χ4v) is 5.88. The normalized spacial score (nSPS) is 31.8. The molecule has 1 aromatic heterocycles. The van der Waals surface area contributed by atoms with Crippen molar-refractivity contribution in [3.8, 4) is 0 Å². The number of guanidine groups is 1.